The van der Waals surface area contributed by atoms with Gasteiger partial charge in [-0.25, -0.2) is 9.69 Å². The molecule has 3 rings (SSSR count). The maximum atomic E-state index is 12.7. The normalized spacial score (nSPS) is 17.1. The van der Waals surface area contributed by atoms with Gasteiger partial charge in [-0.1, -0.05) is 29.3 Å². The Kier molecular flexibility index (Phi) is 5.01. The van der Waals surface area contributed by atoms with Crippen molar-refractivity contribution < 1.29 is 14.4 Å². The molecule has 1 saturated heterocycles. The van der Waals surface area contributed by atoms with Crippen LogP contribution in [-0.2, 0) is 9.59 Å². The van der Waals surface area contributed by atoms with Crippen LogP contribution in [0.5, 0.6) is 0 Å². The summed E-state index contributed by atoms with van der Waals surface area (Å²) in [5, 5.41) is 11.6. The van der Waals surface area contributed by atoms with E-state index in [4.69, 9.17) is 16.9 Å². The summed E-state index contributed by atoms with van der Waals surface area (Å²) >= 11 is 5.91. The maximum absolute atomic E-state index is 12.7. The minimum atomic E-state index is -1.31. The zero-order valence-corrected chi connectivity index (χ0v) is 14.9. The molecule has 7 nitrogen and oxygen atoms in total. The average molecular weight is 381 g/mol. The van der Waals surface area contributed by atoms with E-state index in [0.29, 0.717) is 10.7 Å². The van der Waals surface area contributed by atoms with Gasteiger partial charge in [0.15, 0.2) is 5.92 Å². The number of urea groups is 1. The molecule has 0 unspecified atom stereocenters. The van der Waals surface area contributed by atoms with Crippen LogP contribution in [0, 0.1) is 24.2 Å². The SMILES string of the molecule is Cc1ccc(N2C(=O)NC(=O)[C@@H](C=Nc3cc(Cl)ccc3C#N)C2=O)cc1. The number of amides is 4. The van der Waals surface area contributed by atoms with Crippen LogP contribution in [0.3, 0.4) is 0 Å². The summed E-state index contributed by atoms with van der Waals surface area (Å²) in [6.45, 7) is 1.87. The molecular weight excluding hydrogens is 368 g/mol. The Hall–Kier alpha value is -3.50. The molecule has 1 atom stereocenters. The highest BCUT2D eigenvalue weighted by Gasteiger charge is 2.40. The van der Waals surface area contributed by atoms with Gasteiger partial charge in [-0.3, -0.25) is 19.9 Å². The first kappa shape index (κ1) is 18.3. The molecule has 1 aliphatic rings. The average Bonchev–Trinajstić information content (AvgIpc) is 2.63. The summed E-state index contributed by atoms with van der Waals surface area (Å²) in [7, 11) is 0. The highest BCUT2D eigenvalue weighted by Crippen LogP contribution is 2.25. The summed E-state index contributed by atoms with van der Waals surface area (Å²) in [5.74, 6) is -2.82. The smallest absolute Gasteiger partial charge is 0.276 e. The van der Waals surface area contributed by atoms with Gasteiger partial charge < -0.3 is 0 Å². The van der Waals surface area contributed by atoms with Gasteiger partial charge in [-0.2, -0.15) is 5.26 Å². The molecule has 1 N–H and O–H groups in total. The Balaban J connectivity index is 1.93. The van der Waals surface area contributed by atoms with E-state index in [1.807, 2.05) is 13.0 Å². The van der Waals surface area contributed by atoms with Crippen LogP contribution >= 0.6 is 11.6 Å². The van der Waals surface area contributed by atoms with Crippen molar-refractivity contribution in [3.05, 3.63) is 58.6 Å². The Bertz CT molecular complexity index is 1010. The van der Waals surface area contributed by atoms with E-state index in [1.165, 1.54) is 18.2 Å². The molecule has 1 aliphatic heterocycles. The summed E-state index contributed by atoms with van der Waals surface area (Å²) in [6.07, 6.45) is 1.11. The van der Waals surface area contributed by atoms with E-state index in [2.05, 4.69) is 10.3 Å². The third-order valence-corrected chi connectivity index (χ3v) is 4.17. The molecule has 1 heterocycles. The van der Waals surface area contributed by atoms with E-state index < -0.39 is 23.8 Å². The number of anilines is 1. The number of carbonyl (C=O) groups is 3. The fourth-order valence-electron chi connectivity index (χ4n) is 2.52. The molecular formula is C19H13ClN4O3. The van der Waals surface area contributed by atoms with Crippen LogP contribution in [0.1, 0.15) is 11.1 Å². The number of benzene rings is 2. The Labute approximate surface area is 159 Å². The van der Waals surface area contributed by atoms with E-state index in [1.54, 1.807) is 24.3 Å². The topological polar surface area (TPSA) is 103 Å². The van der Waals surface area contributed by atoms with Crippen molar-refractivity contribution >= 4 is 47.0 Å². The van der Waals surface area contributed by atoms with Crippen LogP contribution in [0.15, 0.2) is 47.5 Å². The quantitative estimate of drug-likeness (QED) is 0.652. The third-order valence-electron chi connectivity index (χ3n) is 3.94. The Morgan fingerprint density at radius 1 is 1.19 bits per heavy atom. The van der Waals surface area contributed by atoms with E-state index in [-0.39, 0.29) is 11.3 Å². The second-order valence-corrected chi connectivity index (χ2v) is 6.27. The van der Waals surface area contributed by atoms with Crippen LogP contribution in [0.25, 0.3) is 0 Å². The van der Waals surface area contributed by atoms with Crippen molar-refractivity contribution in [1.82, 2.24) is 5.32 Å². The zero-order valence-electron chi connectivity index (χ0n) is 14.1. The van der Waals surface area contributed by atoms with Crippen molar-refractivity contribution in [3.63, 3.8) is 0 Å². The molecule has 2 aromatic rings. The van der Waals surface area contributed by atoms with Crippen molar-refractivity contribution in [1.29, 1.82) is 5.26 Å². The van der Waals surface area contributed by atoms with Gasteiger partial charge in [0.2, 0.25) is 5.91 Å². The number of aliphatic imine (C=N–C) groups is 1. The number of hydrogen-bond donors (Lipinski definition) is 1. The molecule has 0 aliphatic carbocycles. The predicted molar refractivity (Wildman–Crippen MR) is 100 cm³/mol. The van der Waals surface area contributed by atoms with Crippen LogP contribution in [0.4, 0.5) is 16.2 Å². The van der Waals surface area contributed by atoms with Gasteiger partial charge in [-0.15, -0.1) is 0 Å². The fourth-order valence-corrected chi connectivity index (χ4v) is 2.69. The molecule has 1 fully saturated rings. The van der Waals surface area contributed by atoms with Gasteiger partial charge >= 0.3 is 6.03 Å². The molecule has 4 amide bonds. The molecule has 134 valence electrons. The van der Waals surface area contributed by atoms with Crippen LogP contribution < -0.4 is 10.2 Å². The molecule has 0 bridgehead atoms. The number of nitrogens with one attached hydrogen (secondary N) is 1. The predicted octanol–water partition coefficient (Wildman–Crippen LogP) is 3.12. The van der Waals surface area contributed by atoms with Crippen molar-refractivity contribution in [2.75, 3.05) is 4.90 Å². The summed E-state index contributed by atoms with van der Waals surface area (Å²) in [4.78, 5) is 42.0. The first-order valence-corrected chi connectivity index (χ1v) is 8.28. The number of hydrogen-bond acceptors (Lipinski definition) is 5. The summed E-state index contributed by atoms with van der Waals surface area (Å²) in [5.41, 5.74) is 1.77. The first-order valence-electron chi connectivity index (χ1n) is 7.90. The minimum absolute atomic E-state index is 0.226. The molecule has 0 spiro atoms. The van der Waals surface area contributed by atoms with Crippen molar-refractivity contribution in [2.24, 2.45) is 10.9 Å². The lowest BCUT2D eigenvalue weighted by atomic mass is 10.1. The highest BCUT2D eigenvalue weighted by atomic mass is 35.5. The number of nitrogens with zero attached hydrogens (tertiary/aromatic N) is 3. The monoisotopic (exact) mass is 380 g/mol. The molecule has 8 heteroatoms. The Morgan fingerprint density at radius 3 is 2.56 bits per heavy atom. The summed E-state index contributed by atoms with van der Waals surface area (Å²) in [6, 6.07) is 12.3. The molecule has 0 saturated carbocycles. The third kappa shape index (κ3) is 3.71. The van der Waals surface area contributed by atoms with Gasteiger partial charge in [0.05, 0.1) is 16.9 Å². The number of halogens is 1. The number of barbiturate groups is 1. The second kappa shape index (κ2) is 7.40. The highest BCUT2D eigenvalue weighted by molar-refractivity contribution is 6.33. The molecule has 0 aromatic heterocycles. The van der Waals surface area contributed by atoms with Gasteiger partial charge in [0.1, 0.15) is 6.07 Å². The molecule has 27 heavy (non-hydrogen) atoms. The van der Waals surface area contributed by atoms with E-state index in [9.17, 15) is 14.4 Å². The van der Waals surface area contributed by atoms with Crippen molar-refractivity contribution in [2.45, 2.75) is 6.92 Å². The van der Waals surface area contributed by atoms with E-state index in [0.717, 1.165) is 16.7 Å². The fraction of sp³-hybridized carbons (Fsp3) is 0.105. The lowest BCUT2D eigenvalue weighted by Crippen LogP contribution is -2.58. The van der Waals surface area contributed by atoms with Gasteiger partial charge in [-0.05, 0) is 37.3 Å². The first-order chi connectivity index (χ1) is 12.9. The lowest BCUT2D eigenvalue weighted by Gasteiger charge is -2.28. The van der Waals surface area contributed by atoms with E-state index >= 15 is 0 Å². The lowest BCUT2D eigenvalue weighted by molar-refractivity contribution is -0.131. The van der Waals surface area contributed by atoms with Crippen LogP contribution in [-0.4, -0.2) is 24.1 Å². The van der Waals surface area contributed by atoms with Crippen LogP contribution in [0.2, 0.25) is 5.02 Å². The standard InChI is InChI=1S/C19H13ClN4O3/c1-11-2-6-14(7-3-11)24-18(26)15(17(25)23-19(24)27)10-22-16-8-13(20)5-4-12(16)9-21/h2-8,10,15H,1H3,(H,23,25,27)/t15-/m1/s1. The summed E-state index contributed by atoms with van der Waals surface area (Å²) < 4.78 is 0. The minimum Gasteiger partial charge on any atom is -0.276 e. The molecule has 0 radical (unpaired) electrons. The van der Waals surface area contributed by atoms with Gasteiger partial charge in [0.25, 0.3) is 5.91 Å². The van der Waals surface area contributed by atoms with Crippen molar-refractivity contribution in [3.8, 4) is 6.07 Å². The largest absolute Gasteiger partial charge is 0.335 e. The second-order valence-electron chi connectivity index (χ2n) is 5.83. The maximum Gasteiger partial charge on any atom is 0.335 e. The number of nitriles is 1. The van der Waals surface area contributed by atoms with Gasteiger partial charge in [0, 0.05) is 11.2 Å². The molecule has 2 aromatic carbocycles. The zero-order chi connectivity index (χ0) is 19.6. The number of rotatable bonds is 3. The number of aryl methyl sites for hydroxylation is 1. The Morgan fingerprint density at radius 2 is 1.89 bits per heavy atom. The number of imide groups is 2. The number of carbonyl (C=O) groups excluding carboxylic acids is 3.